The molecular weight excluding hydrogens is 727 g/mol. The first-order valence-electron chi connectivity index (χ1n) is 22.0. The van der Waals surface area contributed by atoms with E-state index in [9.17, 15) is 0 Å². The number of benzene rings is 8. The molecule has 0 atom stereocenters. The van der Waals surface area contributed by atoms with Crippen molar-refractivity contribution in [2.24, 2.45) is 0 Å². The second kappa shape index (κ2) is 13.4. The molecule has 3 nitrogen and oxygen atoms in total. The van der Waals surface area contributed by atoms with Gasteiger partial charge in [0.15, 0.2) is 0 Å². The minimum Gasteiger partial charge on any atom is -0.457 e. The molecule has 13 rings (SSSR count). The van der Waals surface area contributed by atoms with E-state index in [-0.39, 0.29) is 6.71 Å². The molecule has 8 aromatic carbocycles. The van der Waals surface area contributed by atoms with Crippen molar-refractivity contribution in [2.45, 2.75) is 51.4 Å². The first-order chi connectivity index (χ1) is 29.8. The minimum atomic E-state index is -0.0465. The Balaban J connectivity index is 1.15. The number of fused-ring (bicyclic) bond motifs is 10. The van der Waals surface area contributed by atoms with E-state index in [1.807, 2.05) is 0 Å². The van der Waals surface area contributed by atoms with E-state index in [0.29, 0.717) is 0 Å². The van der Waals surface area contributed by atoms with Crippen LogP contribution in [0.1, 0.15) is 47.9 Å². The number of hydrogen-bond donors (Lipinski definition) is 0. The van der Waals surface area contributed by atoms with Crippen LogP contribution in [-0.2, 0) is 25.7 Å². The lowest BCUT2D eigenvalue weighted by atomic mass is 9.33. The number of rotatable bonds is 4. The highest BCUT2D eigenvalue weighted by molar-refractivity contribution is 7.01. The molecule has 0 fully saturated rings. The molecular formula is C56H43BN2O. The van der Waals surface area contributed by atoms with Crippen LogP contribution in [0.5, 0.6) is 0 Å². The van der Waals surface area contributed by atoms with E-state index in [1.165, 1.54) is 126 Å². The van der Waals surface area contributed by atoms with Gasteiger partial charge in [0.05, 0.1) is 11.4 Å². The number of para-hydroxylation sites is 2. The molecule has 1 aromatic heterocycles. The molecule has 2 aliphatic heterocycles. The third-order valence-corrected chi connectivity index (χ3v) is 14.0. The van der Waals surface area contributed by atoms with Gasteiger partial charge in [-0.3, -0.25) is 0 Å². The lowest BCUT2D eigenvalue weighted by molar-refractivity contribution is 0.671. The molecule has 0 unspecified atom stereocenters. The molecule has 9 aromatic rings. The summed E-state index contributed by atoms with van der Waals surface area (Å²) in [5, 5.41) is 2.33. The highest BCUT2D eigenvalue weighted by atomic mass is 16.3. The summed E-state index contributed by atoms with van der Waals surface area (Å²) >= 11 is 0. The van der Waals surface area contributed by atoms with Gasteiger partial charge in [-0.25, -0.2) is 0 Å². The molecule has 0 saturated heterocycles. The van der Waals surface area contributed by atoms with Crippen molar-refractivity contribution in [2.75, 3.05) is 9.80 Å². The monoisotopic (exact) mass is 770 g/mol. The van der Waals surface area contributed by atoms with Gasteiger partial charge in [-0.2, -0.15) is 0 Å². The molecule has 4 aliphatic rings. The fraction of sp³-hybridized carbons (Fsp3) is 0.143. The molecule has 2 aliphatic carbocycles. The fourth-order valence-corrected chi connectivity index (χ4v) is 11.3. The van der Waals surface area contributed by atoms with Crippen LogP contribution in [0.3, 0.4) is 0 Å². The van der Waals surface area contributed by atoms with Crippen LogP contribution in [0, 0.1) is 0 Å². The van der Waals surface area contributed by atoms with E-state index in [4.69, 9.17) is 4.42 Å². The Morgan fingerprint density at radius 3 is 1.52 bits per heavy atom. The Hall–Kier alpha value is -6.78. The van der Waals surface area contributed by atoms with Crippen molar-refractivity contribution in [1.29, 1.82) is 0 Å². The second-order valence-electron chi connectivity index (χ2n) is 17.3. The molecule has 0 saturated carbocycles. The lowest BCUT2D eigenvalue weighted by Crippen LogP contribution is -2.61. The summed E-state index contributed by atoms with van der Waals surface area (Å²) in [5.74, 6) is 0. The van der Waals surface area contributed by atoms with Gasteiger partial charge >= 0.3 is 0 Å². The van der Waals surface area contributed by atoms with Crippen LogP contribution in [0.25, 0.3) is 44.2 Å². The van der Waals surface area contributed by atoms with E-state index in [2.05, 4.69) is 174 Å². The van der Waals surface area contributed by atoms with Gasteiger partial charge in [0.25, 0.3) is 6.71 Å². The third-order valence-electron chi connectivity index (χ3n) is 14.0. The Morgan fingerprint density at radius 2 is 0.883 bits per heavy atom. The summed E-state index contributed by atoms with van der Waals surface area (Å²) in [6.07, 6.45) is 9.45. The maximum absolute atomic E-state index is 7.08. The molecule has 4 heteroatoms. The van der Waals surface area contributed by atoms with Crippen molar-refractivity contribution < 1.29 is 4.42 Å². The van der Waals surface area contributed by atoms with Crippen molar-refractivity contribution in [3.05, 3.63) is 186 Å². The maximum atomic E-state index is 7.08. The predicted octanol–water partition coefficient (Wildman–Crippen LogP) is 12.8. The first kappa shape index (κ1) is 34.1. The van der Waals surface area contributed by atoms with Gasteiger partial charge in [0, 0.05) is 44.6 Å². The fourth-order valence-electron chi connectivity index (χ4n) is 11.3. The summed E-state index contributed by atoms with van der Waals surface area (Å²) in [5.41, 5.74) is 24.1. The zero-order valence-electron chi connectivity index (χ0n) is 33.6. The van der Waals surface area contributed by atoms with E-state index < -0.39 is 0 Å². The molecule has 60 heavy (non-hydrogen) atoms. The quantitative estimate of drug-likeness (QED) is 0.166. The Bertz CT molecular complexity index is 3170. The zero-order valence-corrected chi connectivity index (χ0v) is 33.6. The van der Waals surface area contributed by atoms with Crippen molar-refractivity contribution in [1.82, 2.24) is 0 Å². The van der Waals surface area contributed by atoms with Crippen LogP contribution in [0.4, 0.5) is 34.1 Å². The average Bonchev–Trinajstić information content (AvgIpc) is 3.70. The molecule has 0 N–H and O–H groups in total. The number of furan rings is 1. The Labute approximate surface area is 351 Å². The topological polar surface area (TPSA) is 19.6 Å². The summed E-state index contributed by atoms with van der Waals surface area (Å²) in [6.45, 7) is -0.0465. The number of hydrogen-bond acceptors (Lipinski definition) is 3. The Morgan fingerprint density at radius 1 is 0.383 bits per heavy atom. The highest BCUT2D eigenvalue weighted by Gasteiger charge is 2.45. The van der Waals surface area contributed by atoms with Crippen LogP contribution in [0.2, 0.25) is 0 Å². The molecule has 3 heterocycles. The second-order valence-corrected chi connectivity index (χ2v) is 17.3. The average molecular weight is 771 g/mol. The highest BCUT2D eigenvalue weighted by Crippen LogP contribution is 2.50. The van der Waals surface area contributed by atoms with Gasteiger partial charge in [-0.1, -0.05) is 103 Å². The van der Waals surface area contributed by atoms with E-state index in [0.717, 1.165) is 42.2 Å². The summed E-state index contributed by atoms with van der Waals surface area (Å²) < 4.78 is 7.08. The molecule has 0 spiro atoms. The van der Waals surface area contributed by atoms with E-state index in [1.54, 1.807) is 0 Å². The maximum Gasteiger partial charge on any atom is 0.257 e. The molecule has 0 amide bonds. The van der Waals surface area contributed by atoms with Crippen LogP contribution in [0.15, 0.2) is 168 Å². The van der Waals surface area contributed by atoms with Crippen LogP contribution >= 0.6 is 0 Å². The normalized spacial score (nSPS) is 15.0. The number of nitrogens with zero attached hydrogens (tertiary/aromatic N) is 2. The van der Waals surface area contributed by atoms with Gasteiger partial charge in [0.1, 0.15) is 11.2 Å². The van der Waals surface area contributed by atoms with Crippen LogP contribution < -0.4 is 26.2 Å². The van der Waals surface area contributed by atoms with Gasteiger partial charge < -0.3 is 14.2 Å². The number of aryl methyl sites for hydroxylation is 4. The molecule has 0 radical (unpaired) electrons. The smallest absolute Gasteiger partial charge is 0.257 e. The minimum absolute atomic E-state index is 0.0465. The first-order valence-corrected chi connectivity index (χ1v) is 22.0. The summed E-state index contributed by atoms with van der Waals surface area (Å²) in [4.78, 5) is 5.21. The van der Waals surface area contributed by atoms with Crippen molar-refractivity contribution >= 4 is 79.2 Å². The molecule has 0 bridgehead atoms. The number of anilines is 6. The Kier molecular flexibility index (Phi) is 7.61. The predicted molar refractivity (Wildman–Crippen MR) is 252 cm³/mol. The lowest BCUT2D eigenvalue weighted by Gasteiger charge is -2.45. The third kappa shape index (κ3) is 5.03. The summed E-state index contributed by atoms with van der Waals surface area (Å²) in [7, 11) is 0. The standard InChI is InChI=1S/C56H43BN2O/c1-3-16-36(17-4-1)44-32-38-20-7-9-22-40(38)34-51(44)58-47-26-13-12-25-46(47)57-54-48(58)27-15-28-49(54)59(50-31-30-43-42-24-11-14-29-53(42)60-56(43)55(50)57)52-35-41-23-10-8-21-39(41)33-45(52)37-18-5-2-6-19-37/h1-6,11-19,24-35H,7-10,20-23H2. The van der Waals surface area contributed by atoms with E-state index >= 15 is 0 Å². The SMILES string of the molecule is c1ccc(-c2cc3c(cc2N2c4ccccc4B4c5c2cccc5N(c2cc5c(cc2-c2ccccc2)CCCC5)c2ccc5c(oc6ccccc65)c24)CCCC3)cc1. The van der Waals surface area contributed by atoms with Gasteiger partial charge in [-0.05, 0) is 162 Å². The van der Waals surface area contributed by atoms with Crippen molar-refractivity contribution in [3.63, 3.8) is 0 Å². The summed E-state index contributed by atoms with van der Waals surface area (Å²) in [6, 6.07) is 61.7. The molecule has 286 valence electrons. The van der Waals surface area contributed by atoms with Crippen LogP contribution in [-0.4, -0.2) is 6.71 Å². The van der Waals surface area contributed by atoms with Gasteiger partial charge in [-0.15, -0.1) is 0 Å². The zero-order chi connectivity index (χ0) is 39.3. The van der Waals surface area contributed by atoms with Gasteiger partial charge in [0.2, 0.25) is 0 Å². The largest absolute Gasteiger partial charge is 0.457 e. The van der Waals surface area contributed by atoms with Crippen molar-refractivity contribution in [3.8, 4) is 22.3 Å².